The number of nitrogens with one attached hydrogen (secondary N) is 7. The van der Waals surface area contributed by atoms with Crippen LogP contribution >= 0.6 is 86.9 Å². The van der Waals surface area contributed by atoms with Crippen molar-refractivity contribution >= 4 is 204 Å². The zero-order valence-corrected chi connectivity index (χ0v) is 90.3. The third-order valence-corrected chi connectivity index (χ3v) is 27.9. The molecule has 0 saturated carbocycles. The summed E-state index contributed by atoms with van der Waals surface area (Å²) in [6, 6.07) is 43.8. The number of fused-ring (bicyclic) bond motifs is 21. The number of hydrogen-bond donors (Lipinski definition) is 7. The van der Waals surface area contributed by atoms with Crippen LogP contribution in [0.15, 0.2) is 185 Å². The zero-order valence-electron chi connectivity index (χ0n) is 82.4. The number of rotatable bonds is 15. The van der Waals surface area contributed by atoms with E-state index in [1.54, 1.807) is 55.1 Å². The monoisotopic (exact) mass is 2190 g/mol. The van der Waals surface area contributed by atoms with Crippen molar-refractivity contribution in [3.8, 4) is 6.07 Å². The molecule has 0 unspecified atom stereocenters. The van der Waals surface area contributed by atoms with E-state index in [1.807, 2.05) is 158 Å². The average Bonchev–Trinajstić information content (AvgIpc) is 1.64. The summed E-state index contributed by atoms with van der Waals surface area (Å²) in [5.41, 5.74) is 25.3. The number of H-pyrrole nitrogens is 7. The maximum Gasteiger partial charge on any atom is 0.262 e. The van der Waals surface area contributed by atoms with Crippen molar-refractivity contribution in [2.45, 2.75) is 232 Å². The van der Waals surface area contributed by atoms with E-state index in [-0.39, 0.29) is 74.4 Å². The highest BCUT2D eigenvalue weighted by Crippen LogP contribution is 2.32. The maximum absolute atomic E-state index is 12.8. The second-order valence-electron chi connectivity index (χ2n) is 36.6. The molecular formula is C107H113Br4Cl2N21O7. The molecule has 0 aliphatic heterocycles. The van der Waals surface area contributed by atoms with Crippen LogP contribution in [0.2, 0.25) is 10.0 Å². The highest BCUT2D eigenvalue weighted by molar-refractivity contribution is 9.11. The average molecular weight is 2200 g/mol. The van der Waals surface area contributed by atoms with E-state index in [9.17, 15) is 38.8 Å². The molecule has 0 bridgehead atoms. The predicted molar refractivity (Wildman–Crippen MR) is 585 cm³/mol. The smallest absolute Gasteiger partial charge is 0.262 e. The van der Waals surface area contributed by atoms with E-state index in [0.717, 1.165) is 199 Å². The number of benzene rings is 7. The summed E-state index contributed by atoms with van der Waals surface area (Å²) in [6.07, 6.45) is 6.57. The first kappa shape index (κ1) is 103. The summed E-state index contributed by atoms with van der Waals surface area (Å²) in [5.74, 6) is 5.21. The number of nitriles is 1. The standard InChI is InChI=1S/C17H17N3O.4C15H16BrN3O.2C15H16ClN3O/c1-3-7-12-11(4-2)17(21)20-15-9-6-5-8-14(15)19-16(20)13(12)10-18;2*1-4-10-13(8(2)3)18-15-17-11-7-9(16)5-6-12(11)19(15)14(10)20;2*1-4-10-13(8(2)3)18-15-17-11-6-5-9(16)7-12(11)19(15)14(10)20;1-4-10-13(8(2)3)18-15-17-11-7-9(16)5-6-12(11)19(15)14(10)20;1-4-10-13(8(2)3)18-15-17-11-6-5-9(16)7-12(11)19(15)14(10)20/h5-6,8-9,19H,3-4,7H2,1-2H3;6*5-8H,4H2,1-3H3,(H,17,18). The molecule has 0 amide bonds. The normalized spacial score (nSPS) is 11.7. The van der Waals surface area contributed by atoms with Crippen molar-refractivity contribution in [1.29, 1.82) is 5.26 Å². The first-order valence-corrected chi connectivity index (χ1v) is 51.7. The summed E-state index contributed by atoms with van der Waals surface area (Å²) < 4.78 is 15.4. The highest BCUT2D eigenvalue weighted by atomic mass is 79.9. The van der Waals surface area contributed by atoms with Gasteiger partial charge in [0.05, 0.1) is 82.8 Å². The molecule has 0 aliphatic rings. The number of nitrogens with zero attached hydrogens (tertiary/aromatic N) is 14. The van der Waals surface area contributed by atoms with Crippen molar-refractivity contribution in [3.63, 3.8) is 0 Å². The number of para-hydroxylation sites is 2. The molecule has 7 aromatic carbocycles. The van der Waals surface area contributed by atoms with Crippen LogP contribution in [-0.4, -0.2) is 95.6 Å². The van der Waals surface area contributed by atoms with Gasteiger partial charge in [0.15, 0.2) is 0 Å². The van der Waals surface area contributed by atoms with Crippen LogP contribution in [0, 0.1) is 11.3 Å². The van der Waals surface area contributed by atoms with E-state index in [4.69, 9.17) is 23.2 Å². The van der Waals surface area contributed by atoms with E-state index >= 15 is 0 Å². The first-order valence-electron chi connectivity index (χ1n) is 47.8. The molecule has 7 N–H and O–H groups in total. The molecule has 21 aromatic rings. The third-order valence-electron chi connectivity index (χ3n) is 25.4. The predicted octanol–water partition coefficient (Wildman–Crippen LogP) is 24.7. The largest absolute Gasteiger partial charge is 0.338 e. The van der Waals surface area contributed by atoms with Gasteiger partial charge in [-0.1, -0.05) is 244 Å². The van der Waals surface area contributed by atoms with E-state index in [1.165, 1.54) is 0 Å². The lowest BCUT2D eigenvalue weighted by Crippen LogP contribution is -2.22. The minimum atomic E-state index is -0.00704. The fourth-order valence-electron chi connectivity index (χ4n) is 18.8. The van der Waals surface area contributed by atoms with Crippen LogP contribution in [-0.2, 0) is 51.4 Å². The third kappa shape index (κ3) is 19.6. The summed E-state index contributed by atoms with van der Waals surface area (Å²) in [4.78, 5) is 140. The van der Waals surface area contributed by atoms with Gasteiger partial charge in [0.25, 0.3) is 38.9 Å². The summed E-state index contributed by atoms with van der Waals surface area (Å²) in [7, 11) is 0. The Morgan fingerprint density at radius 1 is 0.291 bits per heavy atom. The Morgan fingerprint density at radius 2 is 0.553 bits per heavy atom. The Kier molecular flexibility index (Phi) is 31.1. The Hall–Kier alpha value is -12.6. The van der Waals surface area contributed by atoms with Crippen molar-refractivity contribution in [2.24, 2.45) is 0 Å². The number of aromatic amines is 7. The highest BCUT2D eigenvalue weighted by Gasteiger charge is 2.26. The van der Waals surface area contributed by atoms with Crippen LogP contribution in [0.25, 0.3) is 118 Å². The van der Waals surface area contributed by atoms with Gasteiger partial charge in [-0.25, -0.2) is 56.3 Å². The van der Waals surface area contributed by atoms with Gasteiger partial charge in [-0.2, -0.15) is 5.26 Å². The zero-order chi connectivity index (χ0) is 102. The fourth-order valence-corrected chi connectivity index (χ4v) is 20.5. The van der Waals surface area contributed by atoms with Crippen LogP contribution < -0.4 is 38.9 Å². The lowest BCUT2D eigenvalue weighted by atomic mass is 9.98. The molecule has 21 rings (SSSR count). The molecule has 28 nitrogen and oxygen atoms in total. The Balaban J connectivity index is 0.000000124. The topological polar surface area (TPSA) is 362 Å². The van der Waals surface area contributed by atoms with Gasteiger partial charge in [-0.05, 0) is 214 Å². The number of hydrogen-bond acceptors (Lipinski definition) is 14. The molecule has 0 spiro atoms. The van der Waals surface area contributed by atoms with Crippen molar-refractivity contribution in [1.82, 2.24) is 95.6 Å². The van der Waals surface area contributed by atoms with Gasteiger partial charge in [-0.15, -0.1) is 0 Å². The molecular weight excluding hydrogens is 2080 g/mol. The second-order valence-corrected chi connectivity index (χ2v) is 41.1. The number of pyridine rings is 1. The molecule has 0 aliphatic carbocycles. The molecule has 141 heavy (non-hydrogen) atoms. The van der Waals surface area contributed by atoms with E-state index in [2.05, 4.69) is 225 Å². The fraction of sp³-hybridized carbons (Fsp3) is 0.327. The quantitative estimate of drug-likeness (QED) is 0.0502. The maximum atomic E-state index is 12.8. The van der Waals surface area contributed by atoms with Crippen molar-refractivity contribution in [2.75, 3.05) is 0 Å². The van der Waals surface area contributed by atoms with Crippen molar-refractivity contribution < 1.29 is 0 Å². The molecule has 730 valence electrons. The lowest BCUT2D eigenvalue weighted by molar-refractivity contribution is 0.783. The molecule has 34 heteroatoms. The molecule has 14 heterocycles. The van der Waals surface area contributed by atoms with E-state index < -0.39 is 0 Å². The van der Waals surface area contributed by atoms with Crippen LogP contribution in [0.3, 0.4) is 0 Å². The van der Waals surface area contributed by atoms with Crippen LogP contribution in [0.4, 0.5) is 0 Å². The number of imidazole rings is 7. The minimum absolute atomic E-state index is 0.00489. The van der Waals surface area contributed by atoms with Crippen LogP contribution in [0.5, 0.6) is 0 Å². The summed E-state index contributed by atoms with van der Waals surface area (Å²) >= 11 is 25.8. The Bertz CT molecular complexity index is 8250. The first-order chi connectivity index (χ1) is 67.4. The minimum Gasteiger partial charge on any atom is -0.338 e. The van der Waals surface area contributed by atoms with Crippen molar-refractivity contribution in [3.05, 3.63) is 318 Å². The molecule has 14 aromatic heterocycles. The Labute approximate surface area is 854 Å². The summed E-state index contributed by atoms with van der Waals surface area (Å²) in [5, 5.41) is 10.8. The molecule has 0 radical (unpaired) electrons. The van der Waals surface area contributed by atoms with Gasteiger partial charge in [-0.3, -0.25) is 38.0 Å². The number of halogens is 6. The van der Waals surface area contributed by atoms with Gasteiger partial charge in [0, 0.05) is 101 Å². The van der Waals surface area contributed by atoms with Gasteiger partial charge in [0.2, 0.25) is 34.7 Å². The lowest BCUT2D eigenvalue weighted by Gasteiger charge is -2.11. The van der Waals surface area contributed by atoms with Gasteiger partial charge < -0.3 is 34.9 Å². The molecule has 0 saturated heterocycles. The van der Waals surface area contributed by atoms with Gasteiger partial charge in [0.1, 0.15) is 11.7 Å². The van der Waals surface area contributed by atoms with E-state index in [0.29, 0.717) is 88.0 Å². The second kappa shape index (κ2) is 42.6. The molecule has 0 fully saturated rings. The summed E-state index contributed by atoms with van der Waals surface area (Å²) in [6.45, 7) is 41.0. The number of aromatic nitrogens is 20. The van der Waals surface area contributed by atoms with Gasteiger partial charge >= 0.3 is 0 Å². The van der Waals surface area contributed by atoms with Crippen LogP contribution in [0.1, 0.15) is 265 Å². The SMILES string of the molecule is CCCc1c(CC)c(=O)n2c([nH]c3ccccc32)c1C#N.CCc1c(C(C)C)[nH]c2nc3cc(Br)ccc3n2c1=O.CCc1c(C(C)C)[nH]c2nc3cc(Br)ccc3n2c1=O.CCc1c(C(C)C)[nH]c2nc3cc(Cl)ccc3n2c1=O.CCc1c(C(C)C)[nH]c2nc3ccc(Br)cc3n2c1=O.CCc1c(C(C)C)[nH]c2nc3ccc(Br)cc3n2c1=O.CCc1c(C(C)C)[nH]c2nc3ccc(Cl)cc3n2c1=O. The Morgan fingerprint density at radius 3 is 0.872 bits per heavy atom. The molecule has 0 atom stereocenters.